The molecule has 0 atom stereocenters. The third kappa shape index (κ3) is 24.3. The lowest BCUT2D eigenvalue weighted by molar-refractivity contribution is -0.134. The molecule has 6 rings (SSSR count). The molecule has 2 fully saturated rings. The lowest BCUT2D eigenvalue weighted by atomic mass is 10.0. The van der Waals surface area contributed by atoms with E-state index in [1.807, 2.05) is 27.7 Å². The van der Waals surface area contributed by atoms with Crippen LogP contribution in [0.3, 0.4) is 0 Å². The van der Waals surface area contributed by atoms with Gasteiger partial charge in [-0.25, -0.2) is 43.8 Å². The predicted octanol–water partition coefficient (Wildman–Crippen LogP) is 13.4. The minimum absolute atomic E-state index is 0.0131. The van der Waals surface area contributed by atoms with Gasteiger partial charge in [0.2, 0.25) is 0 Å². The maximum absolute atomic E-state index is 13.6. The van der Waals surface area contributed by atoms with Gasteiger partial charge in [-0.3, -0.25) is 5.10 Å². The lowest BCUT2D eigenvalue weighted by Gasteiger charge is -2.29. The summed E-state index contributed by atoms with van der Waals surface area (Å²) < 4.78 is 109. The summed E-state index contributed by atoms with van der Waals surface area (Å²) >= 11 is 0. The fourth-order valence-corrected chi connectivity index (χ4v) is 10.0. The van der Waals surface area contributed by atoms with Crippen LogP contribution in [0.4, 0.5) is 44.0 Å². The van der Waals surface area contributed by atoms with Crippen LogP contribution in [0.25, 0.3) is 28.2 Å². The Balaban J connectivity index is 0.000000327. The summed E-state index contributed by atoms with van der Waals surface area (Å²) in [5, 5.41) is 29.2. The topological polar surface area (TPSA) is 338 Å². The number of aromatic amines is 1. The summed E-state index contributed by atoms with van der Waals surface area (Å²) in [6.07, 6.45) is 13.3. The molecular weight excluding hydrogens is 1250 g/mol. The van der Waals surface area contributed by atoms with Gasteiger partial charge in [0.1, 0.15) is 40.8 Å². The van der Waals surface area contributed by atoms with E-state index in [4.69, 9.17) is 43.2 Å². The number of allylic oxidation sites excluding steroid dienone is 4. The number of H-pyrrole nitrogens is 1. The Morgan fingerprint density at radius 2 is 0.989 bits per heavy atom. The molecule has 0 spiro atoms. The summed E-state index contributed by atoms with van der Waals surface area (Å²) in [7, 11) is -5.68. The van der Waals surface area contributed by atoms with Gasteiger partial charge < -0.3 is 42.1 Å². The molecule has 4 heterocycles. The molecule has 4 amide bonds. The first-order valence-corrected chi connectivity index (χ1v) is 32.2. The van der Waals surface area contributed by atoms with Crippen LogP contribution in [0.2, 0.25) is 0 Å². The number of imide groups is 2. The number of aromatic nitrogens is 8. The van der Waals surface area contributed by atoms with E-state index in [2.05, 4.69) is 45.5 Å². The van der Waals surface area contributed by atoms with E-state index in [1.54, 1.807) is 113 Å². The molecule has 0 radical (unpaired) electrons. The number of hydrogen-bond donors (Lipinski definition) is 1. The van der Waals surface area contributed by atoms with Gasteiger partial charge in [0.25, 0.3) is 0 Å². The molecule has 0 aromatic carbocycles. The first-order valence-electron chi connectivity index (χ1n) is 30.8. The van der Waals surface area contributed by atoms with Crippen LogP contribution in [0.15, 0.2) is 55.4 Å². The molecule has 94 heavy (non-hydrogen) atoms. The number of nitriles is 2. The van der Waals surface area contributed by atoms with Gasteiger partial charge in [-0.2, -0.15) is 52.1 Å². The van der Waals surface area contributed by atoms with Gasteiger partial charge in [0, 0.05) is 91.8 Å². The van der Waals surface area contributed by atoms with Crippen molar-refractivity contribution in [3.05, 3.63) is 66.5 Å². The summed E-state index contributed by atoms with van der Waals surface area (Å²) in [5.41, 5.74) is -5.25. The minimum atomic E-state index is -5.68. The number of halogens is 3. The van der Waals surface area contributed by atoms with Crippen molar-refractivity contribution >= 4 is 51.8 Å². The molecule has 4 aromatic heterocycles. The smallest absolute Gasteiger partial charge is 0.443 e. The largest absolute Gasteiger partial charge is 0.534 e. The lowest BCUT2D eigenvalue weighted by Crippen LogP contribution is -2.45. The van der Waals surface area contributed by atoms with Crippen molar-refractivity contribution in [3.8, 4) is 34.7 Å². The first kappa shape index (κ1) is 78.3. The van der Waals surface area contributed by atoms with Crippen LogP contribution >= 0.6 is 0 Å². The zero-order valence-electron chi connectivity index (χ0n) is 56.4. The summed E-state index contributed by atoms with van der Waals surface area (Å²) in [6.45, 7) is 29.4. The van der Waals surface area contributed by atoms with Gasteiger partial charge in [-0.05, 0) is 136 Å². The van der Waals surface area contributed by atoms with E-state index >= 15 is 0 Å². The van der Waals surface area contributed by atoms with Crippen molar-refractivity contribution in [3.63, 3.8) is 0 Å². The first-order chi connectivity index (χ1) is 43.9. The third-order valence-corrected chi connectivity index (χ3v) is 14.0. The standard InChI is InChI=1S/C31H44N6O6.C23H35N5O6.C9H10F3NO3S/c1-9-40-25(41-10-2)17-23-26(22-18-35-36(19-22)24(15-16-32)21-13-11-12-14-21)33-20-34-27(23)37(28(38)42-30(3,4)5)29(39)43-31(6,7)8;1-9-31-17(32-10-2)11-16-18(15-12-26-27-13-15)24-14-25-19(16)28(20(29)33-22(3,4)5)21(30)34-23(6,7)8;10-9(11,12)17(14,15)16-8(5-6-13)7-3-1-2-4-7/h15,18-21,25H,9-14,17H2,1-8H3;12-14,17H,9-11H2,1-8H3,(H,26,27);5,7H,1-4H2/b24-15-;;. The van der Waals surface area contributed by atoms with E-state index in [1.165, 1.54) is 24.8 Å². The molecule has 4 aromatic rings. The van der Waals surface area contributed by atoms with Crippen LogP contribution in [-0.4, -0.2) is 140 Å². The molecule has 2 saturated carbocycles. The van der Waals surface area contributed by atoms with E-state index in [0.29, 0.717) is 72.9 Å². The van der Waals surface area contributed by atoms with Crippen molar-refractivity contribution < 1.29 is 82.8 Å². The van der Waals surface area contributed by atoms with Gasteiger partial charge in [-0.1, -0.05) is 25.7 Å². The summed E-state index contributed by atoms with van der Waals surface area (Å²) in [4.78, 5) is 72.8. The molecule has 2 aliphatic rings. The average molecular weight is 1340 g/mol. The second-order valence-electron chi connectivity index (χ2n) is 25.2. The Labute approximate surface area is 547 Å². The van der Waals surface area contributed by atoms with E-state index < -0.39 is 86.7 Å². The van der Waals surface area contributed by atoms with Gasteiger partial charge in [0.15, 0.2) is 24.2 Å². The Morgan fingerprint density at radius 3 is 1.33 bits per heavy atom. The van der Waals surface area contributed by atoms with E-state index in [9.17, 15) is 46.0 Å². The molecule has 2 aliphatic carbocycles. The number of carbonyl (C=O) groups is 4. The number of hydrogen-bond acceptors (Lipinski definition) is 23. The SMILES string of the molecule is CCOC(Cc1c(-c2cn[nH]c2)ncnc1N(C(=O)OC(C)(C)C)C(=O)OC(C)(C)C)OCC.CCOC(Cc1c(-c2cnn(/C(=C\C#N)C3CCCC3)c2)ncnc1N(C(=O)OC(C)(C)C)C(=O)OC(C)(C)C)OCC.N#CC=C(OS(=O)(=O)C(F)(F)F)C1CCCC1. The third-order valence-electron chi connectivity index (χ3n) is 13.1. The summed E-state index contributed by atoms with van der Waals surface area (Å²) in [5.74, 6) is -0.620. The fourth-order valence-electron chi connectivity index (χ4n) is 9.48. The molecule has 1 N–H and O–H groups in total. The second-order valence-corrected chi connectivity index (χ2v) is 26.7. The molecule has 0 aliphatic heterocycles. The molecule has 0 bridgehead atoms. The predicted molar refractivity (Wildman–Crippen MR) is 338 cm³/mol. The van der Waals surface area contributed by atoms with Crippen molar-refractivity contribution in [2.45, 2.75) is 215 Å². The van der Waals surface area contributed by atoms with Gasteiger partial charge >= 0.3 is 40.0 Å². The van der Waals surface area contributed by atoms with Crippen LogP contribution in [0, 0.1) is 34.5 Å². The number of ether oxygens (including phenoxy) is 8. The summed E-state index contributed by atoms with van der Waals surface area (Å²) in [6, 6.07) is 3.65. The highest BCUT2D eigenvalue weighted by atomic mass is 32.2. The molecule has 27 nitrogen and oxygen atoms in total. The minimum Gasteiger partial charge on any atom is -0.443 e. The highest BCUT2D eigenvalue weighted by Gasteiger charge is 2.49. The number of amides is 4. The number of rotatable bonds is 21. The van der Waals surface area contributed by atoms with Crippen LogP contribution in [0.5, 0.6) is 0 Å². The van der Waals surface area contributed by atoms with Crippen LogP contribution in [0.1, 0.15) is 173 Å². The number of alkyl halides is 3. The van der Waals surface area contributed by atoms with Crippen LogP contribution in [-0.2, 0) is 65.0 Å². The van der Waals surface area contributed by atoms with Crippen molar-refractivity contribution in [2.75, 3.05) is 36.2 Å². The molecule has 518 valence electrons. The Morgan fingerprint density at radius 1 is 0.606 bits per heavy atom. The van der Waals surface area contributed by atoms with E-state index in [-0.39, 0.29) is 30.4 Å². The maximum Gasteiger partial charge on any atom is 0.534 e. The van der Waals surface area contributed by atoms with Crippen LogP contribution < -0.4 is 9.80 Å². The Kier molecular flexibility index (Phi) is 29.1. The molecular formula is C63H89F3N12O15S. The van der Waals surface area contributed by atoms with Crippen molar-refractivity contribution in [2.24, 2.45) is 11.8 Å². The van der Waals surface area contributed by atoms with Gasteiger partial charge in [0.05, 0.1) is 47.7 Å². The zero-order valence-corrected chi connectivity index (χ0v) is 57.2. The highest BCUT2D eigenvalue weighted by molar-refractivity contribution is 7.87. The monoisotopic (exact) mass is 1340 g/mol. The molecule has 0 saturated heterocycles. The van der Waals surface area contributed by atoms with Crippen molar-refractivity contribution in [1.82, 2.24) is 39.9 Å². The zero-order chi connectivity index (χ0) is 70.4. The quantitative estimate of drug-likeness (QED) is 0.0202. The fraction of sp³-hybridized carbons (Fsp3) is 0.619. The normalized spacial score (nSPS) is 14.5. The number of carbonyl (C=O) groups excluding carboxylic acids is 4. The number of anilines is 2. The molecule has 31 heteroatoms. The van der Waals surface area contributed by atoms with Gasteiger partial charge in [-0.15, -0.1) is 0 Å². The van der Waals surface area contributed by atoms with E-state index in [0.717, 1.165) is 60.1 Å². The highest BCUT2D eigenvalue weighted by Crippen LogP contribution is 2.39. The second kappa shape index (κ2) is 34.9. The maximum atomic E-state index is 13.6. The average Bonchev–Trinajstić information content (AvgIpc) is 1.43. The number of nitrogens with one attached hydrogen (secondary N) is 1. The Bertz CT molecular complexity index is 3330. The van der Waals surface area contributed by atoms with Crippen molar-refractivity contribution in [1.29, 1.82) is 10.5 Å². The molecule has 0 unspecified atom stereocenters. The Hall–Kier alpha value is -8.10. The number of nitrogens with zero attached hydrogens (tertiary/aromatic N) is 11.